The summed E-state index contributed by atoms with van der Waals surface area (Å²) in [5.74, 6) is -0.728. The number of hydrogen-bond donors (Lipinski definition) is 8. The summed E-state index contributed by atoms with van der Waals surface area (Å²) in [5.41, 5.74) is 6.82. The van der Waals surface area contributed by atoms with Crippen LogP contribution in [-0.2, 0) is 13.1 Å². The monoisotopic (exact) mass is 628 g/mol. The minimum absolute atomic E-state index is 0.187. The number of amides is 2. The molecule has 0 fully saturated rings. The molecule has 2 heterocycles. The Labute approximate surface area is 267 Å². The molecule has 12 heteroatoms. The smallest absolute Gasteiger partial charge is 0.274 e. The van der Waals surface area contributed by atoms with E-state index >= 15 is 0 Å². The summed E-state index contributed by atoms with van der Waals surface area (Å²) >= 11 is 0. The Morgan fingerprint density at radius 3 is 1.33 bits per heavy atom. The first-order valence-electron chi connectivity index (χ1n) is 14.9. The maximum Gasteiger partial charge on any atom is 0.274 e. The SMILES string of the molecule is Cc1c(NC(=O)c2ccc(CNC(CO)CO)cn2)cccc1-c1cccc(NC(=O)c2ccc(CNC(CO)CO)cn2)c1C. The molecule has 0 aliphatic rings. The second kappa shape index (κ2) is 16.7. The van der Waals surface area contributed by atoms with Crippen molar-refractivity contribution in [2.75, 3.05) is 37.1 Å². The molecule has 242 valence electrons. The molecule has 0 unspecified atom stereocenters. The summed E-state index contributed by atoms with van der Waals surface area (Å²) in [6, 6.07) is 17.2. The molecule has 0 aliphatic carbocycles. The molecule has 2 amide bonds. The van der Waals surface area contributed by atoms with Crippen molar-refractivity contribution in [3.63, 3.8) is 0 Å². The van der Waals surface area contributed by atoms with Gasteiger partial charge < -0.3 is 41.7 Å². The summed E-state index contributed by atoms with van der Waals surface area (Å²) in [6.07, 6.45) is 3.15. The highest BCUT2D eigenvalue weighted by molar-refractivity contribution is 6.05. The van der Waals surface area contributed by atoms with Gasteiger partial charge in [-0.15, -0.1) is 0 Å². The molecule has 0 bridgehead atoms. The van der Waals surface area contributed by atoms with Gasteiger partial charge >= 0.3 is 0 Å². The number of aromatic nitrogens is 2. The summed E-state index contributed by atoms with van der Waals surface area (Å²) in [7, 11) is 0. The van der Waals surface area contributed by atoms with Gasteiger partial charge in [-0.3, -0.25) is 19.6 Å². The summed E-state index contributed by atoms with van der Waals surface area (Å²) < 4.78 is 0. The standard InChI is InChI=1S/C34H40N6O6/c1-21-27(5-3-7-29(21)39-33(45)31-11-9-23(15-37-31)13-35-25(17-41)18-42)28-6-4-8-30(22(28)2)40-34(46)32-12-10-24(16-38-32)14-36-26(19-43)20-44/h3-12,15-16,25-26,35-36,41-44H,13-14,17-20H2,1-2H3,(H,39,45)(H,40,46). The molecule has 0 atom stereocenters. The van der Waals surface area contributed by atoms with Crippen LogP contribution in [0.15, 0.2) is 73.1 Å². The number of benzene rings is 2. The van der Waals surface area contributed by atoms with Crippen LogP contribution in [-0.4, -0.2) is 80.7 Å². The van der Waals surface area contributed by atoms with Crippen molar-refractivity contribution >= 4 is 23.2 Å². The van der Waals surface area contributed by atoms with Gasteiger partial charge in [0.2, 0.25) is 0 Å². The van der Waals surface area contributed by atoms with Crippen molar-refractivity contribution in [3.05, 3.63) is 107 Å². The van der Waals surface area contributed by atoms with Crippen molar-refractivity contribution in [1.29, 1.82) is 0 Å². The van der Waals surface area contributed by atoms with Crippen molar-refractivity contribution < 1.29 is 30.0 Å². The molecule has 46 heavy (non-hydrogen) atoms. The lowest BCUT2D eigenvalue weighted by atomic mass is 9.94. The van der Waals surface area contributed by atoms with E-state index in [0.717, 1.165) is 33.4 Å². The molecule has 0 radical (unpaired) electrons. The predicted octanol–water partition coefficient (Wildman–Crippen LogP) is 2.15. The molecular formula is C34H40N6O6. The third kappa shape index (κ3) is 8.79. The fourth-order valence-electron chi connectivity index (χ4n) is 4.72. The minimum Gasteiger partial charge on any atom is -0.395 e. The fraction of sp³-hybridized carbons (Fsp3) is 0.294. The first kappa shape index (κ1) is 34.3. The minimum atomic E-state index is -0.428. The highest BCUT2D eigenvalue weighted by atomic mass is 16.3. The van der Waals surface area contributed by atoms with Gasteiger partial charge in [0.1, 0.15) is 11.4 Å². The molecular weight excluding hydrogens is 588 g/mol. The second-order valence-corrected chi connectivity index (χ2v) is 10.9. The number of pyridine rings is 2. The molecule has 4 rings (SSSR count). The lowest BCUT2D eigenvalue weighted by Gasteiger charge is -2.17. The van der Waals surface area contributed by atoms with Crippen LogP contribution in [0.2, 0.25) is 0 Å². The Balaban J connectivity index is 1.44. The van der Waals surface area contributed by atoms with Crippen LogP contribution in [0.5, 0.6) is 0 Å². The lowest BCUT2D eigenvalue weighted by molar-refractivity contribution is 0.101. The van der Waals surface area contributed by atoms with Crippen LogP contribution >= 0.6 is 0 Å². The highest BCUT2D eigenvalue weighted by Gasteiger charge is 2.16. The van der Waals surface area contributed by atoms with Crippen molar-refractivity contribution in [2.24, 2.45) is 0 Å². The van der Waals surface area contributed by atoms with Gasteiger partial charge in [0.15, 0.2) is 0 Å². The zero-order valence-corrected chi connectivity index (χ0v) is 25.8. The maximum atomic E-state index is 13.0. The zero-order valence-electron chi connectivity index (χ0n) is 25.8. The van der Waals surface area contributed by atoms with Crippen LogP contribution in [0, 0.1) is 13.8 Å². The number of hydrogen-bond acceptors (Lipinski definition) is 10. The number of aliphatic hydroxyl groups excluding tert-OH is 4. The molecule has 2 aromatic heterocycles. The molecule has 4 aromatic rings. The first-order valence-corrected chi connectivity index (χ1v) is 14.9. The topological polar surface area (TPSA) is 189 Å². The third-order valence-electron chi connectivity index (χ3n) is 7.64. The summed E-state index contributed by atoms with van der Waals surface area (Å²) in [4.78, 5) is 34.6. The normalized spacial score (nSPS) is 11.2. The van der Waals surface area contributed by atoms with Crippen LogP contribution < -0.4 is 21.3 Å². The van der Waals surface area contributed by atoms with E-state index in [4.69, 9.17) is 0 Å². The van der Waals surface area contributed by atoms with Gasteiger partial charge in [-0.1, -0.05) is 36.4 Å². The second-order valence-electron chi connectivity index (χ2n) is 10.9. The van der Waals surface area contributed by atoms with E-state index in [1.54, 1.807) is 36.7 Å². The quantitative estimate of drug-likeness (QED) is 0.0969. The van der Waals surface area contributed by atoms with E-state index in [-0.39, 0.29) is 49.6 Å². The van der Waals surface area contributed by atoms with Gasteiger partial charge in [-0.2, -0.15) is 0 Å². The highest BCUT2D eigenvalue weighted by Crippen LogP contribution is 2.34. The van der Waals surface area contributed by atoms with Crippen molar-refractivity contribution in [2.45, 2.75) is 39.0 Å². The third-order valence-corrected chi connectivity index (χ3v) is 7.64. The van der Waals surface area contributed by atoms with Gasteiger partial charge in [-0.05, 0) is 71.5 Å². The van der Waals surface area contributed by atoms with Crippen LogP contribution in [0.3, 0.4) is 0 Å². The van der Waals surface area contributed by atoms with Gasteiger partial charge in [0.25, 0.3) is 11.8 Å². The van der Waals surface area contributed by atoms with E-state index in [0.29, 0.717) is 24.5 Å². The first-order chi connectivity index (χ1) is 22.3. The molecule has 0 saturated heterocycles. The van der Waals surface area contributed by atoms with Crippen molar-refractivity contribution in [1.82, 2.24) is 20.6 Å². The molecule has 0 aliphatic heterocycles. The van der Waals surface area contributed by atoms with Crippen LogP contribution in [0.1, 0.15) is 43.2 Å². The van der Waals surface area contributed by atoms with E-state index in [1.165, 1.54) is 0 Å². The van der Waals surface area contributed by atoms with Crippen LogP contribution in [0.4, 0.5) is 11.4 Å². The molecule has 8 N–H and O–H groups in total. The van der Waals surface area contributed by atoms with Crippen LogP contribution in [0.25, 0.3) is 11.1 Å². The number of carbonyl (C=O) groups is 2. The van der Waals surface area contributed by atoms with Gasteiger partial charge in [0.05, 0.1) is 38.5 Å². The Bertz CT molecular complexity index is 1480. The average molecular weight is 629 g/mol. The number of nitrogens with zero attached hydrogens (tertiary/aromatic N) is 2. The van der Waals surface area contributed by atoms with Crippen molar-refractivity contribution in [3.8, 4) is 11.1 Å². The van der Waals surface area contributed by atoms with Gasteiger partial charge in [0, 0.05) is 36.9 Å². The molecule has 0 saturated carbocycles. The zero-order chi connectivity index (χ0) is 33.1. The van der Waals surface area contributed by atoms with E-state index in [2.05, 4.69) is 31.2 Å². The van der Waals surface area contributed by atoms with Gasteiger partial charge in [-0.25, -0.2) is 0 Å². The molecule has 2 aromatic carbocycles. The Morgan fingerprint density at radius 2 is 1.00 bits per heavy atom. The lowest BCUT2D eigenvalue weighted by Crippen LogP contribution is -2.35. The molecule has 12 nitrogen and oxygen atoms in total. The summed E-state index contributed by atoms with van der Waals surface area (Å²) in [5, 5.41) is 48.7. The number of rotatable bonds is 15. The maximum absolute atomic E-state index is 13.0. The number of aliphatic hydroxyl groups is 4. The predicted molar refractivity (Wildman–Crippen MR) is 175 cm³/mol. The number of carbonyl (C=O) groups excluding carboxylic acids is 2. The van der Waals surface area contributed by atoms with E-state index in [9.17, 15) is 30.0 Å². The Hall–Kier alpha value is -4.56. The summed E-state index contributed by atoms with van der Waals surface area (Å²) in [6.45, 7) is 3.86. The van der Waals surface area contributed by atoms with E-state index < -0.39 is 12.1 Å². The fourth-order valence-corrected chi connectivity index (χ4v) is 4.72. The number of nitrogens with one attached hydrogen (secondary N) is 4. The Morgan fingerprint density at radius 1 is 0.609 bits per heavy atom. The molecule has 0 spiro atoms. The largest absolute Gasteiger partial charge is 0.395 e. The average Bonchev–Trinajstić information content (AvgIpc) is 3.08. The number of anilines is 2. The van der Waals surface area contributed by atoms with E-state index in [1.807, 2.05) is 50.2 Å². The Kier molecular flexibility index (Phi) is 12.4.